The Kier molecular flexibility index (Phi) is 4.70. The van der Waals surface area contributed by atoms with Gasteiger partial charge in [-0.3, -0.25) is 0 Å². The molecule has 2 aromatic rings. The van der Waals surface area contributed by atoms with E-state index >= 15 is 0 Å². The first-order valence-electron chi connectivity index (χ1n) is 5.96. The summed E-state index contributed by atoms with van der Waals surface area (Å²) in [6, 6.07) is 5.69. The zero-order valence-electron chi connectivity index (χ0n) is 10.9. The van der Waals surface area contributed by atoms with Crippen molar-refractivity contribution in [2.45, 2.75) is 12.5 Å². The van der Waals surface area contributed by atoms with E-state index in [1.807, 2.05) is 25.2 Å². The number of tetrazole rings is 1. The first-order valence-corrected chi connectivity index (χ1v) is 6.34. The fourth-order valence-corrected chi connectivity index (χ4v) is 2.17. The Morgan fingerprint density at radius 2 is 2.32 bits per heavy atom. The molecule has 102 valence electrons. The van der Waals surface area contributed by atoms with E-state index in [0.717, 1.165) is 18.5 Å². The number of benzene rings is 1. The third kappa shape index (κ3) is 3.21. The van der Waals surface area contributed by atoms with E-state index in [9.17, 15) is 0 Å². The normalized spacial score (nSPS) is 12.4. The van der Waals surface area contributed by atoms with Crippen LogP contribution in [0.15, 0.2) is 24.5 Å². The summed E-state index contributed by atoms with van der Waals surface area (Å²) in [5, 5.41) is 15.5. The Bertz CT molecular complexity index is 517. The Hall–Kier alpha value is -1.66. The van der Waals surface area contributed by atoms with Gasteiger partial charge in [0.25, 0.3) is 0 Å². The van der Waals surface area contributed by atoms with Crippen LogP contribution in [0.1, 0.15) is 18.0 Å². The first-order chi connectivity index (χ1) is 9.26. The fraction of sp³-hybridized carbons (Fsp3) is 0.417. The predicted molar refractivity (Wildman–Crippen MR) is 72.5 cm³/mol. The number of hydrogen-bond donors (Lipinski definition) is 1. The van der Waals surface area contributed by atoms with Gasteiger partial charge in [0.2, 0.25) is 0 Å². The summed E-state index contributed by atoms with van der Waals surface area (Å²) < 4.78 is 5.16. The molecule has 7 heteroatoms. The van der Waals surface area contributed by atoms with Gasteiger partial charge >= 0.3 is 0 Å². The predicted octanol–water partition coefficient (Wildman–Crippen LogP) is 1.53. The van der Waals surface area contributed by atoms with E-state index in [4.69, 9.17) is 16.3 Å². The molecule has 0 fully saturated rings. The molecule has 1 unspecified atom stereocenters. The second-order valence-electron chi connectivity index (χ2n) is 4.06. The Morgan fingerprint density at radius 3 is 2.89 bits per heavy atom. The molecule has 19 heavy (non-hydrogen) atoms. The number of nitrogens with zero attached hydrogens (tertiary/aromatic N) is 4. The molecule has 1 aromatic heterocycles. The largest absolute Gasteiger partial charge is 0.495 e. The van der Waals surface area contributed by atoms with Crippen molar-refractivity contribution in [3.8, 4) is 5.75 Å². The lowest BCUT2D eigenvalue weighted by Gasteiger charge is -2.16. The molecule has 1 N–H and O–H groups in total. The van der Waals surface area contributed by atoms with E-state index in [2.05, 4.69) is 20.7 Å². The van der Waals surface area contributed by atoms with E-state index < -0.39 is 0 Å². The van der Waals surface area contributed by atoms with Crippen LogP contribution in [0.3, 0.4) is 0 Å². The van der Waals surface area contributed by atoms with Gasteiger partial charge in [-0.1, -0.05) is 17.7 Å². The number of aromatic nitrogens is 4. The van der Waals surface area contributed by atoms with Crippen LogP contribution in [0.25, 0.3) is 0 Å². The van der Waals surface area contributed by atoms with Gasteiger partial charge in [-0.05, 0) is 42.9 Å². The van der Waals surface area contributed by atoms with Crippen LogP contribution in [0.4, 0.5) is 0 Å². The van der Waals surface area contributed by atoms with Crippen molar-refractivity contribution in [1.29, 1.82) is 0 Å². The summed E-state index contributed by atoms with van der Waals surface area (Å²) in [5.74, 6) is 0.657. The maximum absolute atomic E-state index is 6.16. The lowest BCUT2D eigenvalue weighted by molar-refractivity contribution is 0.410. The van der Waals surface area contributed by atoms with Gasteiger partial charge in [0, 0.05) is 0 Å². The second kappa shape index (κ2) is 6.49. The summed E-state index contributed by atoms with van der Waals surface area (Å²) >= 11 is 6.16. The van der Waals surface area contributed by atoms with Crippen molar-refractivity contribution in [2.24, 2.45) is 0 Å². The van der Waals surface area contributed by atoms with Crippen molar-refractivity contribution in [3.05, 3.63) is 35.1 Å². The molecule has 0 aliphatic heterocycles. The minimum atomic E-state index is -0.00152. The molecule has 0 spiro atoms. The number of halogens is 1. The first kappa shape index (κ1) is 13.8. The molecule has 0 bridgehead atoms. The monoisotopic (exact) mass is 281 g/mol. The number of hydrogen-bond acceptors (Lipinski definition) is 5. The molecule has 0 saturated heterocycles. The quantitative estimate of drug-likeness (QED) is 0.870. The maximum atomic E-state index is 6.16. The molecule has 2 rings (SSSR count). The van der Waals surface area contributed by atoms with Gasteiger partial charge in [0.15, 0.2) is 6.33 Å². The van der Waals surface area contributed by atoms with Crippen molar-refractivity contribution < 1.29 is 4.74 Å². The lowest BCUT2D eigenvalue weighted by Crippen LogP contribution is -2.19. The minimum Gasteiger partial charge on any atom is -0.495 e. The van der Waals surface area contributed by atoms with E-state index in [1.165, 1.54) is 6.33 Å². The van der Waals surface area contributed by atoms with E-state index in [-0.39, 0.29) is 6.04 Å². The van der Waals surface area contributed by atoms with Gasteiger partial charge in [-0.2, -0.15) is 4.80 Å². The van der Waals surface area contributed by atoms with Crippen molar-refractivity contribution in [3.63, 3.8) is 0 Å². The smallest absolute Gasteiger partial charge is 0.162 e. The van der Waals surface area contributed by atoms with Crippen LogP contribution in [-0.4, -0.2) is 40.9 Å². The molecule has 0 aliphatic rings. The summed E-state index contributed by atoms with van der Waals surface area (Å²) in [5.41, 5.74) is 1.03. The van der Waals surface area contributed by atoms with Gasteiger partial charge in [-0.15, -0.1) is 10.2 Å². The van der Waals surface area contributed by atoms with Crippen molar-refractivity contribution in [1.82, 2.24) is 25.5 Å². The number of rotatable bonds is 6. The van der Waals surface area contributed by atoms with Crippen LogP contribution >= 0.6 is 11.6 Å². The number of methoxy groups -OCH3 is 1. The molecule has 1 aromatic carbocycles. The molecule has 0 aliphatic carbocycles. The van der Waals surface area contributed by atoms with Crippen molar-refractivity contribution >= 4 is 11.6 Å². The molecule has 0 amide bonds. The topological polar surface area (TPSA) is 64.9 Å². The molecule has 6 nitrogen and oxygen atoms in total. The highest BCUT2D eigenvalue weighted by molar-refractivity contribution is 6.32. The Morgan fingerprint density at radius 1 is 1.47 bits per heavy atom. The summed E-state index contributed by atoms with van der Waals surface area (Å²) in [4.78, 5) is 1.59. The molecule has 1 heterocycles. The highest BCUT2D eigenvalue weighted by atomic mass is 35.5. The molecule has 1 atom stereocenters. The van der Waals surface area contributed by atoms with Gasteiger partial charge in [-0.25, -0.2) is 0 Å². The van der Waals surface area contributed by atoms with Gasteiger partial charge < -0.3 is 10.1 Å². The maximum Gasteiger partial charge on any atom is 0.162 e. The van der Waals surface area contributed by atoms with Crippen LogP contribution in [-0.2, 0) is 0 Å². The lowest BCUT2D eigenvalue weighted by atomic mass is 10.0. The Balaban J connectivity index is 2.30. The average Bonchev–Trinajstić information content (AvgIpc) is 2.93. The van der Waals surface area contributed by atoms with Crippen LogP contribution in [0, 0.1) is 0 Å². The van der Waals surface area contributed by atoms with Gasteiger partial charge in [0.05, 0.1) is 18.2 Å². The molecule has 0 radical (unpaired) electrons. The zero-order valence-corrected chi connectivity index (χ0v) is 11.6. The van der Waals surface area contributed by atoms with Crippen molar-refractivity contribution in [2.75, 3.05) is 20.7 Å². The molecule has 0 saturated carbocycles. The van der Waals surface area contributed by atoms with Gasteiger partial charge in [0.1, 0.15) is 5.75 Å². The standard InChI is InChI=1S/C12H16ClN5O/c1-14-6-5-11(18-16-8-15-17-18)9-3-4-12(19-2)10(13)7-9/h3-4,7-8,11,14H,5-6H2,1-2H3. The summed E-state index contributed by atoms with van der Waals surface area (Å²) in [6.45, 7) is 0.843. The Labute approximate surface area is 116 Å². The average molecular weight is 282 g/mol. The van der Waals surface area contributed by atoms with Crippen LogP contribution in [0.2, 0.25) is 5.02 Å². The number of nitrogens with one attached hydrogen (secondary N) is 1. The fourth-order valence-electron chi connectivity index (χ4n) is 1.90. The van der Waals surface area contributed by atoms with E-state index in [1.54, 1.807) is 11.9 Å². The highest BCUT2D eigenvalue weighted by Crippen LogP contribution is 2.29. The SMILES string of the molecule is CNCCC(c1ccc(OC)c(Cl)c1)n1ncnn1. The zero-order chi connectivity index (χ0) is 13.7. The minimum absolute atomic E-state index is 0.00152. The van der Waals surface area contributed by atoms with Crippen LogP contribution < -0.4 is 10.1 Å². The third-order valence-electron chi connectivity index (χ3n) is 2.87. The summed E-state index contributed by atoms with van der Waals surface area (Å²) in [7, 11) is 3.51. The molecular formula is C12H16ClN5O. The molecular weight excluding hydrogens is 266 g/mol. The van der Waals surface area contributed by atoms with E-state index in [0.29, 0.717) is 10.8 Å². The number of ether oxygens (including phenoxy) is 1. The highest BCUT2D eigenvalue weighted by Gasteiger charge is 2.16. The summed E-state index contributed by atoms with van der Waals surface area (Å²) in [6.07, 6.45) is 2.27. The third-order valence-corrected chi connectivity index (χ3v) is 3.17. The second-order valence-corrected chi connectivity index (χ2v) is 4.47. The van der Waals surface area contributed by atoms with Crippen LogP contribution in [0.5, 0.6) is 5.75 Å².